The molecule has 1 saturated carbocycles. The monoisotopic (exact) mass is 284 g/mol. The van der Waals surface area contributed by atoms with Crippen molar-refractivity contribution in [1.29, 1.82) is 0 Å². The molecule has 1 aromatic carbocycles. The summed E-state index contributed by atoms with van der Waals surface area (Å²) in [6.07, 6.45) is 2.23. The van der Waals surface area contributed by atoms with E-state index >= 15 is 0 Å². The number of benzene rings is 1. The second-order valence-corrected chi connectivity index (χ2v) is 5.91. The molecule has 1 amide bonds. The normalized spacial score (nSPS) is 14.4. The molecule has 0 atom stereocenters. The van der Waals surface area contributed by atoms with Crippen LogP contribution in [0.15, 0.2) is 24.3 Å². The fourth-order valence-corrected chi connectivity index (χ4v) is 2.39. The SMILES string of the molecule is CC(C)c1cccc(NC(=O)c2n[nH]c(C3CC3)c2N)c1. The zero-order valence-corrected chi connectivity index (χ0v) is 12.3. The number of anilines is 2. The van der Waals surface area contributed by atoms with Crippen molar-refractivity contribution >= 4 is 17.3 Å². The molecule has 3 rings (SSSR count). The average molecular weight is 284 g/mol. The number of rotatable bonds is 4. The molecular formula is C16H20N4O. The molecule has 0 aliphatic heterocycles. The minimum atomic E-state index is -0.267. The van der Waals surface area contributed by atoms with Crippen molar-refractivity contribution in [2.24, 2.45) is 0 Å². The van der Waals surface area contributed by atoms with Crippen molar-refractivity contribution in [3.05, 3.63) is 41.2 Å². The summed E-state index contributed by atoms with van der Waals surface area (Å²) in [6.45, 7) is 4.24. The minimum absolute atomic E-state index is 0.267. The first-order valence-electron chi connectivity index (χ1n) is 7.31. The van der Waals surface area contributed by atoms with Crippen LogP contribution in [0.25, 0.3) is 0 Å². The molecule has 1 aliphatic rings. The van der Waals surface area contributed by atoms with Crippen LogP contribution >= 0.6 is 0 Å². The van der Waals surface area contributed by atoms with Gasteiger partial charge in [-0.1, -0.05) is 26.0 Å². The standard InChI is InChI=1S/C16H20N4O/c1-9(2)11-4-3-5-12(8-11)18-16(21)15-13(17)14(19-20-15)10-6-7-10/h3-5,8-10H,6-7,17H2,1-2H3,(H,18,21)(H,19,20). The lowest BCUT2D eigenvalue weighted by Crippen LogP contribution is -2.14. The van der Waals surface area contributed by atoms with Gasteiger partial charge in [0.15, 0.2) is 5.69 Å². The largest absolute Gasteiger partial charge is 0.395 e. The van der Waals surface area contributed by atoms with Gasteiger partial charge in [0.25, 0.3) is 5.91 Å². The number of carbonyl (C=O) groups is 1. The quantitative estimate of drug-likeness (QED) is 0.805. The minimum Gasteiger partial charge on any atom is -0.395 e. The smallest absolute Gasteiger partial charge is 0.278 e. The van der Waals surface area contributed by atoms with E-state index in [9.17, 15) is 4.79 Å². The Morgan fingerprint density at radius 2 is 2.19 bits per heavy atom. The number of H-pyrrole nitrogens is 1. The molecule has 1 heterocycles. The lowest BCUT2D eigenvalue weighted by Gasteiger charge is -2.09. The van der Waals surface area contributed by atoms with Crippen LogP contribution in [0.4, 0.5) is 11.4 Å². The molecular weight excluding hydrogens is 264 g/mol. The van der Waals surface area contributed by atoms with Crippen molar-refractivity contribution in [3.8, 4) is 0 Å². The van der Waals surface area contributed by atoms with Crippen LogP contribution in [-0.2, 0) is 0 Å². The van der Waals surface area contributed by atoms with E-state index in [1.165, 1.54) is 5.56 Å². The van der Waals surface area contributed by atoms with E-state index < -0.39 is 0 Å². The Balaban J connectivity index is 1.78. The second-order valence-electron chi connectivity index (χ2n) is 5.91. The molecule has 21 heavy (non-hydrogen) atoms. The molecule has 5 heteroatoms. The molecule has 0 unspecified atom stereocenters. The van der Waals surface area contributed by atoms with Gasteiger partial charge in [-0.25, -0.2) is 0 Å². The molecule has 4 N–H and O–H groups in total. The van der Waals surface area contributed by atoms with Gasteiger partial charge in [-0.2, -0.15) is 5.10 Å². The highest BCUT2D eigenvalue weighted by atomic mass is 16.2. The highest BCUT2D eigenvalue weighted by Gasteiger charge is 2.30. The summed E-state index contributed by atoms with van der Waals surface area (Å²) >= 11 is 0. The highest BCUT2D eigenvalue weighted by Crippen LogP contribution is 2.42. The van der Waals surface area contributed by atoms with Crippen LogP contribution in [0.2, 0.25) is 0 Å². The van der Waals surface area contributed by atoms with Crippen LogP contribution < -0.4 is 11.1 Å². The molecule has 1 fully saturated rings. The number of hydrogen-bond donors (Lipinski definition) is 3. The van der Waals surface area contributed by atoms with Crippen molar-refractivity contribution in [2.75, 3.05) is 11.1 Å². The Morgan fingerprint density at radius 1 is 1.43 bits per heavy atom. The average Bonchev–Trinajstić information content (AvgIpc) is 3.22. The van der Waals surface area contributed by atoms with E-state index in [2.05, 4.69) is 35.4 Å². The summed E-state index contributed by atoms with van der Waals surface area (Å²) in [5.74, 6) is 0.596. The fourth-order valence-electron chi connectivity index (χ4n) is 2.39. The van der Waals surface area contributed by atoms with E-state index in [1.54, 1.807) is 0 Å². The number of aromatic nitrogens is 2. The van der Waals surface area contributed by atoms with Gasteiger partial charge in [-0.15, -0.1) is 0 Å². The number of nitrogens with zero attached hydrogens (tertiary/aromatic N) is 1. The predicted molar refractivity (Wildman–Crippen MR) is 83.5 cm³/mol. The van der Waals surface area contributed by atoms with Gasteiger partial charge >= 0.3 is 0 Å². The Labute approximate surface area is 123 Å². The molecule has 0 spiro atoms. The number of carbonyl (C=O) groups excluding carboxylic acids is 1. The van der Waals surface area contributed by atoms with E-state index in [4.69, 9.17) is 5.73 Å². The maximum Gasteiger partial charge on any atom is 0.278 e. The van der Waals surface area contributed by atoms with Crippen LogP contribution in [0.5, 0.6) is 0 Å². The molecule has 110 valence electrons. The number of hydrogen-bond acceptors (Lipinski definition) is 3. The summed E-state index contributed by atoms with van der Waals surface area (Å²) in [7, 11) is 0. The maximum absolute atomic E-state index is 12.3. The number of nitrogen functional groups attached to an aromatic ring is 1. The predicted octanol–water partition coefficient (Wildman–Crippen LogP) is 3.25. The van der Waals surface area contributed by atoms with Gasteiger partial charge in [0.2, 0.25) is 0 Å². The molecule has 0 saturated heterocycles. The molecule has 0 radical (unpaired) electrons. The Morgan fingerprint density at radius 3 is 2.86 bits per heavy atom. The lowest BCUT2D eigenvalue weighted by atomic mass is 10.0. The number of amides is 1. The fraction of sp³-hybridized carbons (Fsp3) is 0.375. The second kappa shape index (κ2) is 5.24. The topological polar surface area (TPSA) is 83.8 Å². The van der Waals surface area contributed by atoms with Crippen LogP contribution in [0.1, 0.15) is 60.3 Å². The van der Waals surface area contributed by atoms with Crippen molar-refractivity contribution in [2.45, 2.75) is 38.5 Å². The van der Waals surface area contributed by atoms with Crippen LogP contribution in [0.3, 0.4) is 0 Å². The highest BCUT2D eigenvalue weighted by molar-refractivity contribution is 6.06. The summed E-state index contributed by atoms with van der Waals surface area (Å²) in [5.41, 5.74) is 9.63. The lowest BCUT2D eigenvalue weighted by molar-refractivity contribution is 0.102. The van der Waals surface area contributed by atoms with Crippen LogP contribution in [-0.4, -0.2) is 16.1 Å². The maximum atomic E-state index is 12.3. The molecule has 5 nitrogen and oxygen atoms in total. The van der Waals surface area contributed by atoms with Crippen molar-refractivity contribution < 1.29 is 4.79 Å². The summed E-state index contributed by atoms with van der Waals surface area (Å²) in [5, 5.41) is 9.83. The zero-order chi connectivity index (χ0) is 15.0. The molecule has 1 aliphatic carbocycles. The number of aromatic amines is 1. The van der Waals surface area contributed by atoms with Crippen molar-refractivity contribution in [1.82, 2.24) is 10.2 Å². The van der Waals surface area contributed by atoms with Gasteiger partial charge in [0, 0.05) is 11.6 Å². The summed E-state index contributed by atoms with van der Waals surface area (Å²) in [4.78, 5) is 12.3. The first-order valence-corrected chi connectivity index (χ1v) is 7.31. The van der Waals surface area contributed by atoms with Crippen molar-refractivity contribution in [3.63, 3.8) is 0 Å². The van der Waals surface area contributed by atoms with Gasteiger partial charge < -0.3 is 11.1 Å². The van der Waals surface area contributed by atoms with E-state index in [-0.39, 0.29) is 11.6 Å². The van der Waals surface area contributed by atoms with Gasteiger partial charge in [-0.05, 0) is 36.5 Å². The third-order valence-corrected chi connectivity index (χ3v) is 3.85. The summed E-state index contributed by atoms with van der Waals surface area (Å²) < 4.78 is 0. The van der Waals surface area contributed by atoms with Gasteiger partial charge in [0.1, 0.15) is 0 Å². The molecule has 0 bridgehead atoms. The van der Waals surface area contributed by atoms with Gasteiger partial charge in [0.05, 0.1) is 11.4 Å². The Hall–Kier alpha value is -2.30. The first-order chi connectivity index (χ1) is 10.1. The first kappa shape index (κ1) is 13.7. The van der Waals surface area contributed by atoms with E-state index in [1.807, 2.05) is 18.2 Å². The zero-order valence-electron chi connectivity index (χ0n) is 12.3. The Bertz CT molecular complexity index is 671. The summed E-state index contributed by atoms with van der Waals surface area (Å²) in [6, 6.07) is 7.84. The number of nitrogens with one attached hydrogen (secondary N) is 2. The molecule has 2 aromatic rings. The number of nitrogens with two attached hydrogens (primary N) is 1. The van der Waals surface area contributed by atoms with Crippen LogP contribution in [0, 0.1) is 0 Å². The van der Waals surface area contributed by atoms with E-state index in [0.29, 0.717) is 17.5 Å². The third-order valence-electron chi connectivity index (χ3n) is 3.85. The van der Waals surface area contributed by atoms with Gasteiger partial charge in [-0.3, -0.25) is 9.89 Å². The van der Waals surface area contributed by atoms with E-state index in [0.717, 1.165) is 24.2 Å². The third kappa shape index (κ3) is 2.77. The molecule has 1 aromatic heterocycles. The Kier molecular flexibility index (Phi) is 3.41.